The van der Waals surface area contributed by atoms with Crippen molar-refractivity contribution >= 4 is 23.4 Å². The molecule has 1 saturated heterocycles. The van der Waals surface area contributed by atoms with Gasteiger partial charge in [-0.15, -0.1) is 0 Å². The van der Waals surface area contributed by atoms with Crippen molar-refractivity contribution in [2.75, 3.05) is 19.6 Å². The van der Waals surface area contributed by atoms with Gasteiger partial charge < -0.3 is 14.7 Å². The summed E-state index contributed by atoms with van der Waals surface area (Å²) in [7, 11) is 0. The lowest BCUT2D eigenvalue weighted by molar-refractivity contribution is -0.155. The van der Waals surface area contributed by atoms with Crippen LogP contribution in [0.5, 0.6) is 0 Å². The highest BCUT2D eigenvalue weighted by Gasteiger charge is 2.48. The topological polar surface area (TPSA) is 43.9 Å². The van der Waals surface area contributed by atoms with Crippen molar-refractivity contribution in [1.82, 2.24) is 14.7 Å². The van der Waals surface area contributed by atoms with E-state index in [0.29, 0.717) is 31.1 Å². The highest BCUT2D eigenvalue weighted by Crippen LogP contribution is 2.41. The first-order valence-corrected chi connectivity index (χ1v) is 15.0. The zero-order chi connectivity index (χ0) is 29.6. The van der Waals surface area contributed by atoms with Crippen molar-refractivity contribution in [2.45, 2.75) is 111 Å². The molecule has 1 aromatic carbocycles. The molecule has 4 rings (SSSR count). The Bertz CT molecular complexity index is 1120. The van der Waals surface area contributed by atoms with Gasteiger partial charge in [0.2, 0.25) is 5.91 Å². The molecule has 0 radical (unpaired) electrons. The number of halogens is 3. The fourth-order valence-corrected chi connectivity index (χ4v) is 6.44. The van der Waals surface area contributed by atoms with Gasteiger partial charge in [0.25, 0.3) is 12.3 Å². The summed E-state index contributed by atoms with van der Waals surface area (Å²) in [6.45, 7) is 15.1. The molecular weight excluding hydrogens is 532 g/mol. The van der Waals surface area contributed by atoms with E-state index in [4.69, 9.17) is 11.6 Å². The van der Waals surface area contributed by atoms with Gasteiger partial charge in [0.15, 0.2) is 0 Å². The van der Waals surface area contributed by atoms with E-state index >= 15 is 0 Å². The second-order valence-electron chi connectivity index (χ2n) is 14.3. The first kappa shape index (κ1) is 30.8. The maximum atomic E-state index is 14.1. The molecule has 8 heteroatoms. The third-order valence-corrected chi connectivity index (χ3v) is 9.56. The molecule has 1 aromatic rings. The minimum absolute atomic E-state index is 0.0421. The maximum absolute atomic E-state index is 14.1. The van der Waals surface area contributed by atoms with Gasteiger partial charge in [0.05, 0.1) is 6.04 Å². The third-order valence-electron chi connectivity index (χ3n) is 9.31. The number of amides is 2. The Hall–Kier alpha value is -2.15. The van der Waals surface area contributed by atoms with Crippen LogP contribution in [0.4, 0.5) is 8.78 Å². The van der Waals surface area contributed by atoms with Crippen LogP contribution in [0.3, 0.4) is 0 Å². The molecule has 0 unspecified atom stereocenters. The molecule has 0 bridgehead atoms. The zero-order valence-corrected chi connectivity index (χ0v) is 25.9. The molecule has 0 N–H and O–H groups in total. The molecule has 3 aliphatic rings. The zero-order valence-electron chi connectivity index (χ0n) is 25.1. The van der Waals surface area contributed by atoms with E-state index < -0.39 is 17.7 Å². The lowest BCUT2D eigenvalue weighted by Crippen LogP contribution is -2.55. The normalized spacial score (nSPS) is 24.0. The molecule has 0 aromatic heterocycles. The lowest BCUT2D eigenvalue weighted by atomic mass is 9.74. The summed E-state index contributed by atoms with van der Waals surface area (Å²) >= 11 is 6.15. The Morgan fingerprint density at radius 3 is 2.12 bits per heavy atom. The minimum atomic E-state index is -2.76. The molecule has 0 spiro atoms. The molecule has 2 atom stereocenters. The predicted molar refractivity (Wildman–Crippen MR) is 156 cm³/mol. The summed E-state index contributed by atoms with van der Waals surface area (Å²) in [6, 6.07) is 7.31. The first-order valence-electron chi connectivity index (χ1n) is 14.7. The van der Waals surface area contributed by atoms with Crippen LogP contribution in [0.25, 0.3) is 0 Å². The largest absolute Gasteiger partial charge is 0.371 e. The maximum Gasteiger partial charge on any atom is 0.252 e. The number of benzene rings is 1. The van der Waals surface area contributed by atoms with Crippen molar-refractivity contribution in [3.05, 3.63) is 46.6 Å². The summed E-state index contributed by atoms with van der Waals surface area (Å²) in [5, 5.41) is 0.649. The number of likely N-dealkylation sites (tertiary alicyclic amines) is 1. The average Bonchev–Trinajstić information content (AvgIpc) is 3.53. The van der Waals surface area contributed by atoms with Crippen molar-refractivity contribution in [1.29, 1.82) is 0 Å². The van der Waals surface area contributed by atoms with Crippen molar-refractivity contribution < 1.29 is 18.4 Å². The van der Waals surface area contributed by atoms with Crippen LogP contribution in [0.2, 0.25) is 5.02 Å². The van der Waals surface area contributed by atoms with Gasteiger partial charge in [0, 0.05) is 53.9 Å². The van der Waals surface area contributed by atoms with Gasteiger partial charge >= 0.3 is 0 Å². The van der Waals surface area contributed by atoms with Gasteiger partial charge in [-0.1, -0.05) is 37.6 Å². The van der Waals surface area contributed by atoms with Crippen LogP contribution in [0, 0.1) is 10.8 Å². The van der Waals surface area contributed by atoms with Gasteiger partial charge in [0.1, 0.15) is 5.41 Å². The van der Waals surface area contributed by atoms with E-state index in [1.165, 1.54) is 13.8 Å². The number of carbonyl (C=O) groups excluding carboxylic acids is 2. The van der Waals surface area contributed by atoms with E-state index in [1.807, 2.05) is 35.4 Å². The number of carbonyl (C=O) groups is 2. The van der Waals surface area contributed by atoms with Crippen molar-refractivity contribution in [2.24, 2.45) is 10.8 Å². The molecule has 222 valence electrons. The molecule has 40 heavy (non-hydrogen) atoms. The molecule has 5 nitrogen and oxygen atoms in total. The Morgan fingerprint density at radius 1 is 0.975 bits per heavy atom. The Morgan fingerprint density at radius 2 is 1.57 bits per heavy atom. The van der Waals surface area contributed by atoms with Gasteiger partial charge in [-0.3, -0.25) is 9.59 Å². The van der Waals surface area contributed by atoms with Crippen molar-refractivity contribution in [3.63, 3.8) is 0 Å². The van der Waals surface area contributed by atoms with Crippen LogP contribution in [-0.4, -0.2) is 70.2 Å². The lowest BCUT2D eigenvalue weighted by Gasteiger charge is -2.45. The summed E-state index contributed by atoms with van der Waals surface area (Å²) in [4.78, 5) is 33.6. The highest BCUT2D eigenvalue weighted by atomic mass is 35.5. The molecule has 1 aliphatic carbocycles. The number of rotatable bonds is 6. The van der Waals surface area contributed by atoms with Crippen LogP contribution in [0.15, 0.2) is 36.0 Å². The van der Waals surface area contributed by atoms with E-state index in [-0.39, 0.29) is 34.9 Å². The van der Waals surface area contributed by atoms with E-state index in [0.717, 1.165) is 36.8 Å². The van der Waals surface area contributed by atoms with E-state index in [9.17, 15) is 18.4 Å². The van der Waals surface area contributed by atoms with Crippen LogP contribution < -0.4 is 0 Å². The number of nitrogens with zero attached hydrogens (tertiary/aromatic N) is 3. The van der Waals surface area contributed by atoms with Crippen molar-refractivity contribution in [3.8, 4) is 0 Å². The number of alkyl halides is 2. The molecule has 2 aliphatic heterocycles. The van der Waals surface area contributed by atoms with Crippen LogP contribution >= 0.6 is 11.6 Å². The molecule has 2 heterocycles. The fourth-order valence-electron chi connectivity index (χ4n) is 6.31. The standard InChI is InChI=1S/C32H46ClF2N3O2/c1-30(2,3)37-19-25(21-8-10-22(33)11-9-21)26(20-37)27(39)36-17-14-24(18-36)38(29(40)32(6,7)28(34)35)23-12-15-31(4,5)16-13-23/h8-11,20,23-25,28H,12-19H2,1-7H3/t24-,25+/m0/s1. The summed E-state index contributed by atoms with van der Waals surface area (Å²) in [5.41, 5.74) is 0.0191. The second kappa shape index (κ2) is 11.3. The summed E-state index contributed by atoms with van der Waals surface area (Å²) in [5.74, 6) is -0.636. The van der Waals surface area contributed by atoms with Crippen LogP contribution in [-0.2, 0) is 9.59 Å². The first-order chi connectivity index (χ1) is 18.5. The Kier molecular flexibility index (Phi) is 8.67. The monoisotopic (exact) mass is 577 g/mol. The van der Waals surface area contributed by atoms with Crippen LogP contribution in [0.1, 0.15) is 92.1 Å². The highest BCUT2D eigenvalue weighted by molar-refractivity contribution is 6.30. The quantitative estimate of drug-likeness (QED) is 0.362. The molecular formula is C32H46ClF2N3O2. The summed E-state index contributed by atoms with van der Waals surface area (Å²) in [6.07, 6.45) is 3.32. The smallest absolute Gasteiger partial charge is 0.252 e. The van der Waals surface area contributed by atoms with Gasteiger partial charge in [-0.05, 0) is 89.8 Å². The van der Waals surface area contributed by atoms with Gasteiger partial charge in [-0.2, -0.15) is 0 Å². The minimum Gasteiger partial charge on any atom is -0.371 e. The van der Waals surface area contributed by atoms with E-state index in [1.54, 1.807) is 4.90 Å². The second-order valence-corrected chi connectivity index (χ2v) is 14.8. The molecule has 2 amide bonds. The molecule has 2 fully saturated rings. The average molecular weight is 578 g/mol. The fraction of sp³-hybridized carbons (Fsp3) is 0.688. The SMILES string of the molecule is CC1(C)CCC(N(C(=O)C(C)(C)C(F)F)[C@H]2CCN(C(=O)C3=CN(C(C)(C)C)C[C@@H]3c3ccc(Cl)cc3)C2)CC1. The summed E-state index contributed by atoms with van der Waals surface area (Å²) < 4.78 is 28.1. The molecule has 1 saturated carbocycles. The Labute approximate surface area is 243 Å². The Balaban J connectivity index is 1.58. The third kappa shape index (κ3) is 6.34. The predicted octanol–water partition coefficient (Wildman–Crippen LogP) is 7.11. The van der Waals surface area contributed by atoms with Gasteiger partial charge in [-0.25, -0.2) is 8.78 Å². The number of hydrogen-bond donors (Lipinski definition) is 0. The number of hydrogen-bond acceptors (Lipinski definition) is 3. The van der Waals surface area contributed by atoms with E-state index in [2.05, 4.69) is 39.5 Å².